The monoisotopic (exact) mass is 513 g/mol. The minimum Gasteiger partial charge on any atom is -0.494 e. The summed E-state index contributed by atoms with van der Waals surface area (Å²) in [6.45, 7) is 3.11. The first-order valence-electron chi connectivity index (χ1n) is 11.1. The second-order valence-electron chi connectivity index (χ2n) is 7.81. The molecule has 9 nitrogen and oxygen atoms in total. The van der Waals surface area contributed by atoms with Crippen LogP contribution in [0, 0.1) is 5.92 Å². The van der Waals surface area contributed by atoms with Crippen LogP contribution in [0.3, 0.4) is 0 Å². The number of hydrogen-bond donors (Lipinski definition) is 2. The Balaban J connectivity index is 1.27. The highest BCUT2D eigenvalue weighted by atomic mass is 35.5. The molecule has 1 aromatic heterocycles. The Bertz CT molecular complexity index is 1220. The lowest BCUT2D eigenvalue weighted by molar-refractivity contribution is -0.122. The Labute approximate surface area is 211 Å². The quantitative estimate of drug-likeness (QED) is 0.452. The molecule has 2 aromatic carbocycles. The van der Waals surface area contributed by atoms with Crippen molar-refractivity contribution >= 4 is 51.5 Å². The number of nitrogens with one attached hydrogen (secondary N) is 2. The van der Waals surface area contributed by atoms with Gasteiger partial charge in [0.25, 0.3) is 5.91 Å². The molecule has 35 heavy (non-hydrogen) atoms. The van der Waals surface area contributed by atoms with E-state index in [9.17, 15) is 14.4 Å². The second-order valence-corrected chi connectivity index (χ2v) is 9.28. The van der Waals surface area contributed by atoms with Crippen molar-refractivity contribution in [2.24, 2.45) is 5.92 Å². The molecule has 4 rings (SSSR count). The number of hydrogen-bond acceptors (Lipinski definition) is 7. The molecule has 1 aliphatic rings. The molecule has 1 fully saturated rings. The highest BCUT2D eigenvalue weighted by Crippen LogP contribution is 2.28. The lowest BCUT2D eigenvalue weighted by atomic mass is 10.1. The number of halogens is 1. The number of aromatic nitrogens is 2. The van der Waals surface area contributed by atoms with E-state index in [1.54, 1.807) is 41.3 Å². The summed E-state index contributed by atoms with van der Waals surface area (Å²) in [6, 6.07) is 14.0. The zero-order valence-electron chi connectivity index (χ0n) is 19.0. The summed E-state index contributed by atoms with van der Waals surface area (Å²) in [5.41, 5.74) is 1.13. The summed E-state index contributed by atoms with van der Waals surface area (Å²) in [5, 5.41) is 15.0. The molecule has 3 aromatic rings. The average Bonchev–Trinajstić information content (AvgIpc) is 3.46. The zero-order valence-corrected chi connectivity index (χ0v) is 20.6. The van der Waals surface area contributed by atoms with Gasteiger partial charge < -0.3 is 20.3 Å². The fourth-order valence-corrected chi connectivity index (χ4v) is 4.62. The molecular weight excluding hydrogens is 490 g/mol. The van der Waals surface area contributed by atoms with E-state index in [-0.39, 0.29) is 24.1 Å². The van der Waals surface area contributed by atoms with Crippen molar-refractivity contribution in [1.82, 2.24) is 15.5 Å². The molecule has 1 aliphatic heterocycles. The largest absolute Gasteiger partial charge is 0.494 e. The van der Waals surface area contributed by atoms with Gasteiger partial charge in [-0.2, -0.15) is 0 Å². The summed E-state index contributed by atoms with van der Waals surface area (Å²) in [4.78, 5) is 39.1. The van der Waals surface area contributed by atoms with Crippen LogP contribution >= 0.6 is 22.9 Å². The van der Waals surface area contributed by atoms with Crippen molar-refractivity contribution in [1.29, 1.82) is 0 Å². The van der Waals surface area contributed by atoms with E-state index in [0.717, 1.165) is 11.4 Å². The van der Waals surface area contributed by atoms with Crippen LogP contribution < -0.4 is 20.3 Å². The van der Waals surface area contributed by atoms with Crippen molar-refractivity contribution in [2.45, 2.75) is 19.8 Å². The third kappa shape index (κ3) is 6.14. The Morgan fingerprint density at radius 3 is 2.69 bits per heavy atom. The molecule has 2 N–H and O–H groups in total. The molecule has 1 saturated heterocycles. The molecule has 3 amide bonds. The van der Waals surface area contributed by atoms with Crippen molar-refractivity contribution in [2.75, 3.05) is 29.9 Å². The molecule has 0 bridgehead atoms. The molecule has 11 heteroatoms. The van der Waals surface area contributed by atoms with E-state index >= 15 is 0 Å². The number of rotatable bonds is 9. The molecule has 0 aliphatic carbocycles. The molecule has 0 radical (unpaired) electrons. The molecular formula is C24H24ClN5O4S. The average molecular weight is 514 g/mol. The van der Waals surface area contributed by atoms with Crippen LogP contribution in [0.5, 0.6) is 5.75 Å². The first kappa shape index (κ1) is 24.6. The molecule has 0 spiro atoms. The van der Waals surface area contributed by atoms with Crippen molar-refractivity contribution in [3.63, 3.8) is 0 Å². The van der Waals surface area contributed by atoms with Crippen LogP contribution in [0.4, 0.5) is 10.8 Å². The minimum atomic E-state index is -0.490. The predicted molar refractivity (Wildman–Crippen MR) is 134 cm³/mol. The van der Waals surface area contributed by atoms with Crippen molar-refractivity contribution in [3.05, 3.63) is 64.1 Å². The first-order valence-corrected chi connectivity index (χ1v) is 12.3. The summed E-state index contributed by atoms with van der Waals surface area (Å²) in [5.74, 6) is -0.413. The van der Waals surface area contributed by atoms with E-state index in [0.29, 0.717) is 46.8 Å². The highest BCUT2D eigenvalue weighted by Gasteiger charge is 2.35. The lowest BCUT2D eigenvalue weighted by Gasteiger charge is -2.17. The Hall–Kier alpha value is -3.50. The van der Waals surface area contributed by atoms with Gasteiger partial charge >= 0.3 is 0 Å². The standard InChI is InChI=1S/C24H24ClN5O4S/c1-2-34-17-9-7-16(8-10-17)30-14-15(13-21(30)31)22(32)27-24-29-28-20(35-24)11-12-26-23(33)18-5-3-4-6-19(18)25/h3-10,15H,2,11-14H2,1H3,(H,26,33)(H,27,29,32). The van der Waals surface area contributed by atoms with Gasteiger partial charge in [-0.25, -0.2) is 0 Å². The van der Waals surface area contributed by atoms with Gasteiger partial charge in [-0.15, -0.1) is 10.2 Å². The SMILES string of the molecule is CCOc1ccc(N2CC(C(=O)Nc3nnc(CCNC(=O)c4ccccc4Cl)s3)CC2=O)cc1. The van der Waals surface area contributed by atoms with Crippen LogP contribution in [-0.4, -0.2) is 47.6 Å². The van der Waals surface area contributed by atoms with Gasteiger partial charge in [0.2, 0.25) is 16.9 Å². The van der Waals surface area contributed by atoms with E-state index in [1.807, 2.05) is 19.1 Å². The van der Waals surface area contributed by atoms with Crippen molar-refractivity contribution in [3.8, 4) is 5.75 Å². The normalized spacial score (nSPS) is 15.2. The molecule has 2 heterocycles. The van der Waals surface area contributed by atoms with E-state index in [1.165, 1.54) is 11.3 Å². The number of carbonyl (C=O) groups excluding carboxylic acids is 3. The van der Waals surface area contributed by atoms with Gasteiger partial charge in [0.15, 0.2) is 0 Å². The summed E-state index contributed by atoms with van der Waals surface area (Å²) < 4.78 is 5.43. The van der Waals surface area contributed by atoms with Crippen LogP contribution in [0.15, 0.2) is 48.5 Å². The molecule has 0 saturated carbocycles. The number of anilines is 2. The van der Waals surface area contributed by atoms with Gasteiger partial charge in [-0.05, 0) is 43.3 Å². The van der Waals surface area contributed by atoms with Crippen LogP contribution in [0.2, 0.25) is 5.02 Å². The maximum Gasteiger partial charge on any atom is 0.252 e. The zero-order chi connectivity index (χ0) is 24.8. The van der Waals surface area contributed by atoms with Gasteiger partial charge in [-0.1, -0.05) is 35.1 Å². The molecule has 1 atom stereocenters. The Morgan fingerprint density at radius 1 is 1.17 bits per heavy atom. The van der Waals surface area contributed by atoms with Crippen LogP contribution in [0.25, 0.3) is 0 Å². The van der Waals surface area contributed by atoms with E-state index < -0.39 is 5.92 Å². The summed E-state index contributed by atoms with van der Waals surface area (Å²) in [6.07, 6.45) is 0.579. The number of carbonyl (C=O) groups is 3. The number of nitrogens with zero attached hydrogens (tertiary/aromatic N) is 3. The van der Waals surface area contributed by atoms with Crippen molar-refractivity contribution < 1.29 is 19.1 Å². The molecule has 1 unspecified atom stereocenters. The fourth-order valence-electron chi connectivity index (χ4n) is 3.66. The van der Waals surface area contributed by atoms with Crippen LogP contribution in [0.1, 0.15) is 28.7 Å². The molecule has 182 valence electrons. The van der Waals surface area contributed by atoms with Gasteiger partial charge in [0.1, 0.15) is 10.8 Å². The van der Waals surface area contributed by atoms with Crippen LogP contribution in [-0.2, 0) is 16.0 Å². The summed E-state index contributed by atoms with van der Waals surface area (Å²) >= 11 is 7.27. The lowest BCUT2D eigenvalue weighted by Crippen LogP contribution is -2.28. The third-order valence-electron chi connectivity index (χ3n) is 5.40. The minimum absolute atomic E-state index is 0.110. The van der Waals surface area contributed by atoms with E-state index in [4.69, 9.17) is 16.3 Å². The maximum atomic E-state index is 12.7. The predicted octanol–water partition coefficient (Wildman–Crippen LogP) is 3.55. The smallest absolute Gasteiger partial charge is 0.252 e. The van der Waals surface area contributed by atoms with Gasteiger partial charge in [0, 0.05) is 31.6 Å². The number of benzene rings is 2. The first-order chi connectivity index (χ1) is 16.9. The number of ether oxygens (including phenoxy) is 1. The van der Waals surface area contributed by atoms with Gasteiger partial charge in [-0.3, -0.25) is 14.4 Å². The fraction of sp³-hybridized carbons (Fsp3) is 0.292. The van der Waals surface area contributed by atoms with Gasteiger partial charge in [0.05, 0.1) is 23.1 Å². The third-order valence-corrected chi connectivity index (χ3v) is 6.62. The summed E-state index contributed by atoms with van der Waals surface area (Å²) in [7, 11) is 0. The Morgan fingerprint density at radius 2 is 1.94 bits per heavy atom. The topological polar surface area (TPSA) is 114 Å². The Kier molecular flexibility index (Phi) is 7.94. The number of amides is 3. The van der Waals surface area contributed by atoms with E-state index in [2.05, 4.69) is 20.8 Å². The second kappa shape index (κ2) is 11.3. The maximum absolute atomic E-state index is 12.7. The highest BCUT2D eigenvalue weighted by molar-refractivity contribution is 7.15.